The number of anilines is 5. The molecule has 1 aliphatic heterocycles. The van der Waals surface area contributed by atoms with E-state index in [0.717, 1.165) is 23.4 Å². The van der Waals surface area contributed by atoms with Crippen LogP contribution < -0.4 is 20.9 Å². The molecule has 46 heavy (non-hydrogen) atoms. The van der Waals surface area contributed by atoms with Crippen molar-refractivity contribution in [3.05, 3.63) is 77.2 Å². The summed E-state index contributed by atoms with van der Waals surface area (Å²) in [5.41, 5.74) is 1.72. The molecular weight excluding hydrogens is 603 g/mol. The third-order valence-corrected chi connectivity index (χ3v) is 7.81. The number of benzene rings is 2. The van der Waals surface area contributed by atoms with E-state index in [1.807, 2.05) is 19.9 Å². The van der Waals surface area contributed by atoms with E-state index in [2.05, 4.69) is 31.0 Å². The number of rotatable bonds is 9. The molecule has 2 aromatic carbocycles. The molecule has 4 N–H and O–H groups in total. The van der Waals surface area contributed by atoms with Gasteiger partial charge in [0.15, 0.2) is 5.82 Å². The summed E-state index contributed by atoms with van der Waals surface area (Å²) in [6.45, 7) is 6.63. The molecule has 1 atom stereocenters. The first kappa shape index (κ1) is 32.2. The van der Waals surface area contributed by atoms with Crippen LogP contribution in [0.4, 0.5) is 41.9 Å². The molecule has 0 radical (unpaired) electrons. The van der Waals surface area contributed by atoms with Gasteiger partial charge < -0.3 is 26.0 Å². The van der Waals surface area contributed by atoms with Gasteiger partial charge in [-0.2, -0.15) is 23.0 Å². The zero-order valence-electron chi connectivity index (χ0n) is 25.7. The fourth-order valence-corrected chi connectivity index (χ4v) is 5.15. The van der Waals surface area contributed by atoms with Crippen LogP contribution >= 0.6 is 0 Å². The van der Waals surface area contributed by atoms with E-state index in [4.69, 9.17) is 0 Å². The van der Waals surface area contributed by atoms with E-state index in [1.54, 1.807) is 52.7 Å². The zero-order valence-corrected chi connectivity index (χ0v) is 25.7. The lowest BCUT2D eigenvalue weighted by atomic mass is 10.1. The summed E-state index contributed by atoms with van der Waals surface area (Å²) in [6.07, 6.45) is -3.26. The van der Waals surface area contributed by atoms with Crippen LogP contribution in [-0.4, -0.2) is 80.9 Å². The van der Waals surface area contributed by atoms with E-state index < -0.39 is 29.7 Å². The summed E-state index contributed by atoms with van der Waals surface area (Å²) >= 11 is 0. The molecule has 12 nitrogen and oxygen atoms in total. The molecule has 242 valence electrons. The van der Waals surface area contributed by atoms with Crippen molar-refractivity contribution >= 4 is 40.6 Å². The van der Waals surface area contributed by atoms with Crippen molar-refractivity contribution in [2.24, 2.45) is 0 Å². The second-order valence-corrected chi connectivity index (χ2v) is 11.0. The summed E-state index contributed by atoms with van der Waals surface area (Å²) in [4.78, 5) is 36.7. The van der Waals surface area contributed by atoms with Gasteiger partial charge in [0.1, 0.15) is 24.0 Å². The number of hydrogen-bond donors (Lipinski definition) is 4. The highest BCUT2D eigenvalue weighted by Crippen LogP contribution is 2.34. The van der Waals surface area contributed by atoms with Crippen LogP contribution in [0.5, 0.6) is 0 Å². The van der Waals surface area contributed by atoms with Gasteiger partial charge in [0, 0.05) is 68.0 Å². The minimum atomic E-state index is -4.68. The third-order valence-electron chi connectivity index (χ3n) is 7.81. The van der Waals surface area contributed by atoms with Gasteiger partial charge in [0.25, 0.3) is 5.91 Å². The quantitative estimate of drug-likeness (QED) is 0.200. The fourth-order valence-electron chi connectivity index (χ4n) is 5.15. The first-order valence-corrected chi connectivity index (χ1v) is 14.5. The van der Waals surface area contributed by atoms with Crippen LogP contribution in [0.1, 0.15) is 34.1 Å². The molecule has 0 saturated carbocycles. The van der Waals surface area contributed by atoms with Gasteiger partial charge in [-0.25, -0.2) is 9.97 Å². The second-order valence-electron chi connectivity index (χ2n) is 11.0. The molecule has 1 aliphatic rings. The van der Waals surface area contributed by atoms with Crippen LogP contribution in [0.15, 0.2) is 54.9 Å². The number of carboxylic acid groups (broad SMARTS) is 1. The van der Waals surface area contributed by atoms with E-state index in [0.29, 0.717) is 55.0 Å². The van der Waals surface area contributed by atoms with E-state index >= 15 is 0 Å². The number of nitrogens with one attached hydrogen (secondary N) is 3. The number of hydrogen-bond acceptors (Lipinski definition) is 9. The SMILES string of the molecule is CNc1cc(-n2nc(C)cc2Nc2cc(NC(=O)c3cc(N4CCN(C(C)C(=O)O)CC4)cc(C(F)(F)F)c3)ccc2C)ncn1. The van der Waals surface area contributed by atoms with E-state index in [-0.39, 0.29) is 11.3 Å². The molecule has 1 amide bonds. The Morgan fingerprint density at radius 2 is 1.72 bits per heavy atom. The highest BCUT2D eigenvalue weighted by Gasteiger charge is 2.33. The molecule has 3 heterocycles. The Morgan fingerprint density at radius 1 is 0.978 bits per heavy atom. The summed E-state index contributed by atoms with van der Waals surface area (Å²) < 4.78 is 43.4. The Balaban J connectivity index is 1.38. The third kappa shape index (κ3) is 7.20. The normalized spacial score (nSPS) is 14.5. The van der Waals surface area contributed by atoms with Crippen LogP contribution in [0.2, 0.25) is 0 Å². The molecule has 0 bridgehead atoms. The van der Waals surface area contributed by atoms with E-state index in [9.17, 15) is 27.9 Å². The lowest BCUT2D eigenvalue weighted by Gasteiger charge is -2.38. The molecule has 5 rings (SSSR count). The Hall–Kier alpha value is -5.18. The predicted molar refractivity (Wildman–Crippen MR) is 168 cm³/mol. The Kier molecular flexibility index (Phi) is 9.14. The van der Waals surface area contributed by atoms with Crippen molar-refractivity contribution in [3.63, 3.8) is 0 Å². The number of halogens is 3. The molecule has 1 unspecified atom stereocenters. The lowest BCUT2D eigenvalue weighted by molar-refractivity contribution is -0.142. The minimum Gasteiger partial charge on any atom is -0.480 e. The van der Waals surface area contributed by atoms with Crippen molar-refractivity contribution in [3.8, 4) is 5.82 Å². The summed E-state index contributed by atoms with van der Waals surface area (Å²) in [7, 11) is 1.74. The first-order chi connectivity index (χ1) is 21.8. The maximum Gasteiger partial charge on any atom is 0.416 e. The summed E-state index contributed by atoms with van der Waals surface area (Å²) in [6, 6.07) is 11.3. The number of aryl methyl sites for hydroxylation is 2. The minimum absolute atomic E-state index is 0.154. The number of alkyl halides is 3. The smallest absolute Gasteiger partial charge is 0.416 e. The Morgan fingerprint density at radius 3 is 2.39 bits per heavy atom. The van der Waals surface area contributed by atoms with Crippen LogP contribution in [-0.2, 0) is 11.0 Å². The Labute approximate surface area is 263 Å². The van der Waals surface area contributed by atoms with Crippen LogP contribution in [0, 0.1) is 13.8 Å². The highest BCUT2D eigenvalue weighted by atomic mass is 19.4. The van der Waals surface area contributed by atoms with Gasteiger partial charge in [-0.1, -0.05) is 6.07 Å². The molecule has 0 aliphatic carbocycles. The molecular formula is C31H34F3N9O3. The van der Waals surface area contributed by atoms with Crippen molar-refractivity contribution in [1.29, 1.82) is 0 Å². The van der Waals surface area contributed by atoms with Gasteiger partial charge in [0.05, 0.1) is 11.3 Å². The van der Waals surface area contributed by atoms with Gasteiger partial charge >= 0.3 is 12.1 Å². The maximum atomic E-state index is 13.9. The zero-order chi connectivity index (χ0) is 33.2. The lowest BCUT2D eigenvalue weighted by Crippen LogP contribution is -2.51. The highest BCUT2D eigenvalue weighted by molar-refractivity contribution is 6.05. The molecule has 0 spiro atoms. The number of nitrogens with zero attached hydrogens (tertiary/aromatic N) is 6. The number of amides is 1. The maximum absolute atomic E-state index is 13.9. The molecule has 15 heteroatoms. The number of piperazine rings is 1. The van der Waals surface area contributed by atoms with Gasteiger partial charge in [0.2, 0.25) is 0 Å². The monoisotopic (exact) mass is 637 g/mol. The standard InChI is InChI=1S/C31H34F3N9O3/c1-18-5-6-23(15-25(18)39-28-11-19(2)40-43(28)27-16-26(35-4)36-17-37-27)38-29(44)21-12-22(31(32,33)34)14-24(13-21)42-9-7-41(8-10-42)20(3)30(45)46/h5-6,11-17,20,39H,7-10H2,1-4H3,(H,38,44)(H,45,46)(H,35,36,37). The van der Waals surface area contributed by atoms with Crippen molar-refractivity contribution in [2.45, 2.75) is 33.0 Å². The average molecular weight is 638 g/mol. The van der Waals surface area contributed by atoms with Crippen molar-refractivity contribution < 1.29 is 27.9 Å². The van der Waals surface area contributed by atoms with E-state index in [1.165, 1.54) is 12.4 Å². The van der Waals surface area contributed by atoms with Gasteiger partial charge in [-0.3, -0.25) is 14.5 Å². The van der Waals surface area contributed by atoms with Crippen LogP contribution in [0.3, 0.4) is 0 Å². The number of carbonyl (C=O) groups is 2. The number of aliphatic carboxylic acids is 1. The largest absolute Gasteiger partial charge is 0.480 e. The average Bonchev–Trinajstić information content (AvgIpc) is 3.41. The first-order valence-electron chi connectivity index (χ1n) is 14.5. The molecule has 2 aromatic heterocycles. The van der Waals surface area contributed by atoms with Crippen molar-refractivity contribution in [2.75, 3.05) is 54.1 Å². The number of aromatic nitrogens is 4. The Bertz CT molecular complexity index is 1750. The summed E-state index contributed by atoms with van der Waals surface area (Å²) in [5.74, 6) is 0.0653. The van der Waals surface area contributed by atoms with Crippen molar-refractivity contribution in [1.82, 2.24) is 24.6 Å². The molecule has 4 aromatic rings. The number of carboxylic acids is 1. The van der Waals surface area contributed by atoms with Crippen LogP contribution in [0.25, 0.3) is 5.82 Å². The predicted octanol–water partition coefficient (Wildman–Crippen LogP) is 4.93. The topological polar surface area (TPSA) is 141 Å². The number of carbonyl (C=O) groups excluding carboxylic acids is 1. The molecule has 1 saturated heterocycles. The fraction of sp³-hybridized carbons (Fsp3) is 0.323. The van der Waals surface area contributed by atoms with Gasteiger partial charge in [-0.15, -0.1) is 0 Å². The second kappa shape index (κ2) is 13.0. The summed E-state index contributed by atoms with van der Waals surface area (Å²) in [5, 5.41) is 22.9. The molecule has 1 fully saturated rings. The van der Waals surface area contributed by atoms with Gasteiger partial charge in [-0.05, 0) is 56.7 Å².